The number of fused-ring (bicyclic) bond motifs is 1. The first-order chi connectivity index (χ1) is 18.6. The molecule has 6 rings (SSSR count). The molecule has 0 radical (unpaired) electrons. The van der Waals surface area contributed by atoms with E-state index in [9.17, 15) is 0 Å². The van der Waals surface area contributed by atoms with Gasteiger partial charge in [0.2, 0.25) is 0 Å². The molecule has 8 heteroatoms. The van der Waals surface area contributed by atoms with Crippen LogP contribution in [0.4, 0.5) is 5.82 Å². The van der Waals surface area contributed by atoms with E-state index in [0.717, 1.165) is 65.3 Å². The molecule has 5 aromatic rings. The molecule has 1 atom stereocenters. The normalized spacial score (nSPS) is 15.2. The van der Waals surface area contributed by atoms with Crippen LogP contribution in [0.15, 0.2) is 84.5 Å². The number of piperazine rings is 1. The fourth-order valence-corrected chi connectivity index (χ4v) is 5.38. The Balaban J connectivity index is 1.26. The lowest BCUT2D eigenvalue weighted by molar-refractivity contribution is 0.198. The molecule has 4 aromatic heterocycles. The van der Waals surface area contributed by atoms with Crippen molar-refractivity contribution in [2.45, 2.75) is 19.5 Å². The number of aryl methyl sites for hydroxylation is 1. The lowest BCUT2D eigenvalue weighted by Crippen LogP contribution is -2.47. The quantitative estimate of drug-likeness (QED) is 0.296. The van der Waals surface area contributed by atoms with Crippen LogP contribution in [0, 0.1) is 0 Å². The fraction of sp³-hybridized carbons (Fsp3) is 0.267. The third-order valence-electron chi connectivity index (χ3n) is 7.53. The standard InChI is InChI=1S/C30H32N8/c1-22(23-7-5-4-6-8-23)36-11-13-37(14-12-36)29-10-9-24(17-32-29)28-15-25(27-19-33-35(3)20-27)21-38-30(28)26(16-31-2)18-34-38/h4-10,15,17-22H,2,11-14,16H2,1,3H3/t22-/m1/s1. The average Bonchev–Trinajstić information content (AvgIpc) is 3.59. The van der Waals surface area contributed by atoms with E-state index >= 15 is 0 Å². The van der Waals surface area contributed by atoms with E-state index < -0.39 is 0 Å². The number of nitrogens with zero attached hydrogens (tertiary/aromatic N) is 8. The van der Waals surface area contributed by atoms with Gasteiger partial charge in [-0.25, -0.2) is 9.50 Å². The molecule has 5 heterocycles. The summed E-state index contributed by atoms with van der Waals surface area (Å²) in [5.74, 6) is 1.02. The summed E-state index contributed by atoms with van der Waals surface area (Å²) < 4.78 is 3.74. The molecule has 0 spiro atoms. The zero-order chi connectivity index (χ0) is 26.1. The van der Waals surface area contributed by atoms with Gasteiger partial charge in [0.25, 0.3) is 0 Å². The van der Waals surface area contributed by atoms with Crippen LogP contribution < -0.4 is 4.90 Å². The molecule has 0 saturated carbocycles. The summed E-state index contributed by atoms with van der Waals surface area (Å²) in [6.45, 7) is 10.5. The summed E-state index contributed by atoms with van der Waals surface area (Å²) in [6.07, 6.45) is 9.79. The largest absolute Gasteiger partial charge is 0.354 e. The Hall–Kier alpha value is -4.30. The number of hydrogen-bond donors (Lipinski definition) is 0. The van der Waals surface area contributed by atoms with Gasteiger partial charge in [-0.3, -0.25) is 14.6 Å². The zero-order valence-electron chi connectivity index (χ0n) is 21.9. The Morgan fingerprint density at radius 1 is 0.895 bits per heavy atom. The lowest BCUT2D eigenvalue weighted by atomic mass is 10.0. The third kappa shape index (κ3) is 4.59. The Kier molecular flexibility index (Phi) is 6.47. The maximum Gasteiger partial charge on any atom is 0.128 e. The van der Waals surface area contributed by atoms with Crippen LogP contribution in [0.3, 0.4) is 0 Å². The molecule has 0 bridgehead atoms. The van der Waals surface area contributed by atoms with Crippen molar-refractivity contribution in [3.05, 3.63) is 90.6 Å². The molecule has 1 aromatic carbocycles. The van der Waals surface area contributed by atoms with Gasteiger partial charge < -0.3 is 4.90 Å². The summed E-state index contributed by atoms with van der Waals surface area (Å²) in [4.78, 5) is 14.0. The van der Waals surface area contributed by atoms with Gasteiger partial charge in [-0.1, -0.05) is 30.3 Å². The molecule has 8 nitrogen and oxygen atoms in total. The molecule has 0 amide bonds. The second-order valence-electron chi connectivity index (χ2n) is 9.90. The third-order valence-corrected chi connectivity index (χ3v) is 7.53. The van der Waals surface area contributed by atoms with Crippen molar-refractivity contribution >= 4 is 18.1 Å². The van der Waals surface area contributed by atoms with Gasteiger partial charge >= 0.3 is 0 Å². The number of hydrogen-bond acceptors (Lipinski definition) is 6. The van der Waals surface area contributed by atoms with Crippen LogP contribution in [0.2, 0.25) is 0 Å². The Labute approximate surface area is 222 Å². The minimum atomic E-state index is 0.415. The SMILES string of the molecule is C=NCc1cnn2cc(-c3cnn(C)c3)cc(-c3ccc(N4CCN([C@H](C)c5ccccc5)CC4)nc3)c12. The minimum absolute atomic E-state index is 0.415. The molecule has 1 fully saturated rings. The first-order valence-corrected chi connectivity index (χ1v) is 13.0. The second-order valence-corrected chi connectivity index (χ2v) is 9.90. The summed E-state index contributed by atoms with van der Waals surface area (Å²) in [6, 6.07) is 17.7. The van der Waals surface area contributed by atoms with Gasteiger partial charge in [-0.05, 0) is 37.4 Å². The van der Waals surface area contributed by atoms with E-state index in [4.69, 9.17) is 4.98 Å². The average molecular weight is 505 g/mol. The molecule has 1 aliphatic rings. The molecule has 0 unspecified atom stereocenters. The van der Waals surface area contributed by atoms with Gasteiger partial charge in [0.1, 0.15) is 5.82 Å². The maximum absolute atomic E-state index is 4.91. The number of rotatable bonds is 7. The van der Waals surface area contributed by atoms with E-state index in [2.05, 4.69) is 87.2 Å². The van der Waals surface area contributed by atoms with E-state index in [0.29, 0.717) is 12.6 Å². The van der Waals surface area contributed by atoms with E-state index in [1.165, 1.54) is 5.56 Å². The van der Waals surface area contributed by atoms with Crippen LogP contribution in [0.1, 0.15) is 24.1 Å². The van der Waals surface area contributed by atoms with E-state index in [1.54, 1.807) is 0 Å². The molecular weight excluding hydrogens is 472 g/mol. The van der Waals surface area contributed by atoms with Gasteiger partial charge in [0.15, 0.2) is 0 Å². The highest BCUT2D eigenvalue weighted by atomic mass is 15.3. The second kappa shape index (κ2) is 10.2. The number of aromatic nitrogens is 5. The van der Waals surface area contributed by atoms with Crippen molar-refractivity contribution in [3.63, 3.8) is 0 Å². The monoisotopic (exact) mass is 504 g/mol. The van der Waals surface area contributed by atoms with E-state index in [-0.39, 0.29) is 0 Å². The fourth-order valence-electron chi connectivity index (χ4n) is 5.38. The van der Waals surface area contributed by atoms with Crippen LogP contribution in [0.25, 0.3) is 27.8 Å². The smallest absolute Gasteiger partial charge is 0.128 e. The number of pyridine rings is 2. The summed E-state index contributed by atoms with van der Waals surface area (Å²) >= 11 is 0. The van der Waals surface area contributed by atoms with Crippen LogP contribution in [0.5, 0.6) is 0 Å². The van der Waals surface area contributed by atoms with Crippen molar-refractivity contribution in [1.82, 2.24) is 29.3 Å². The van der Waals surface area contributed by atoms with E-state index in [1.807, 2.05) is 47.2 Å². The number of aliphatic imine (C=N–C) groups is 1. The summed E-state index contributed by atoms with van der Waals surface area (Å²) in [5.41, 5.74) is 7.66. The Morgan fingerprint density at radius 2 is 1.71 bits per heavy atom. The highest BCUT2D eigenvalue weighted by Crippen LogP contribution is 2.33. The first kappa shape index (κ1) is 24.1. The van der Waals surface area contributed by atoms with Crippen LogP contribution in [-0.4, -0.2) is 62.2 Å². The van der Waals surface area contributed by atoms with Crippen molar-refractivity contribution < 1.29 is 0 Å². The number of benzene rings is 1. The van der Waals surface area contributed by atoms with Crippen molar-refractivity contribution in [3.8, 4) is 22.3 Å². The van der Waals surface area contributed by atoms with Gasteiger partial charge in [0, 0.05) is 85.7 Å². The molecular formula is C30H32N8. The number of anilines is 1. The maximum atomic E-state index is 4.91. The topological polar surface area (TPSA) is 66.8 Å². The summed E-state index contributed by atoms with van der Waals surface area (Å²) in [5, 5.41) is 8.97. The highest BCUT2D eigenvalue weighted by molar-refractivity contribution is 5.86. The van der Waals surface area contributed by atoms with Gasteiger partial charge in [-0.2, -0.15) is 10.2 Å². The Morgan fingerprint density at radius 3 is 2.39 bits per heavy atom. The summed E-state index contributed by atoms with van der Waals surface area (Å²) in [7, 11) is 1.93. The first-order valence-electron chi connectivity index (χ1n) is 13.0. The van der Waals surface area contributed by atoms with Gasteiger partial charge in [-0.15, -0.1) is 0 Å². The van der Waals surface area contributed by atoms with Crippen molar-refractivity contribution in [2.24, 2.45) is 12.0 Å². The predicted molar refractivity (Wildman–Crippen MR) is 153 cm³/mol. The molecule has 0 aliphatic carbocycles. The van der Waals surface area contributed by atoms with Crippen molar-refractivity contribution in [1.29, 1.82) is 0 Å². The zero-order valence-corrected chi connectivity index (χ0v) is 21.9. The van der Waals surface area contributed by atoms with Crippen LogP contribution in [-0.2, 0) is 13.6 Å². The van der Waals surface area contributed by atoms with Crippen molar-refractivity contribution in [2.75, 3.05) is 31.1 Å². The molecule has 1 saturated heterocycles. The predicted octanol–water partition coefficient (Wildman–Crippen LogP) is 4.88. The highest BCUT2D eigenvalue weighted by Gasteiger charge is 2.23. The lowest BCUT2D eigenvalue weighted by Gasteiger charge is -2.38. The van der Waals surface area contributed by atoms with Crippen LogP contribution >= 0.6 is 0 Å². The molecule has 38 heavy (non-hydrogen) atoms. The molecule has 192 valence electrons. The van der Waals surface area contributed by atoms with Gasteiger partial charge in [0.05, 0.1) is 24.5 Å². The Bertz CT molecular complexity index is 1540. The molecule has 0 N–H and O–H groups in total. The minimum Gasteiger partial charge on any atom is -0.354 e. The molecule has 1 aliphatic heterocycles.